The lowest BCUT2D eigenvalue weighted by Crippen LogP contribution is -2.41. The molecule has 0 bridgehead atoms. The van der Waals surface area contributed by atoms with Crippen LogP contribution in [-0.2, 0) is 18.4 Å². The highest BCUT2D eigenvalue weighted by Crippen LogP contribution is 2.44. The number of carboxylic acid groups (broad SMARTS) is 1. The van der Waals surface area contributed by atoms with Crippen LogP contribution in [0.5, 0.6) is 0 Å². The molecule has 0 fully saturated rings. The molecule has 0 spiro atoms. The molecule has 0 amide bonds. The first kappa shape index (κ1) is 14.5. The number of carboxylic acids is 1. The normalized spacial score (nSPS) is 19.2. The van der Waals surface area contributed by atoms with Gasteiger partial charge in [0.15, 0.2) is 0 Å². The quantitative estimate of drug-likeness (QED) is 0.410. The van der Waals surface area contributed by atoms with Crippen LogP contribution >= 0.6 is 7.82 Å². The predicted octanol–water partition coefficient (Wildman–Crippen LogP) is -1.12. The average Bonchev–Trinajstić information content (AvgIpc) is 2.12. The van der Waals surface area contributed by atoms with E-state index in [0.29, 0.717) is 0 Å². The Morgan fingerprint density at radius 2 is 2.13 bits per heavy atom. The van der Waals surface area contributed by atoms with Gasteiger partial charge in [-0.3, -0.25) is 13.8 Å². The Hall–Kier alpha value is -0.500. The van der Waals surface area contributed by atoms with Crippen LogP contribution in [-0.4, -0.2) is 41.3 Å². The summed E-state index contributed by atoms with van der Waals surface area (Å²) in [6.07, 6.45) is -1.14. The Morgan fingerprint density at radius 1 is 1.60 bits per heavy atom. The van der Waals surface area contributed by atoms with Gasteiger partial charge >= 0.3 is 13.8 Å². The van der Waals surface area contributed by atoms with Crippen LogP contribution in [0.2, 0.25) is 0 Å². The number of hydrogen-bond acceptors (Lipinski definition) is 6. The highest BCUT2D eigenvalue weighted by atomic mass is 31.2. The Labute approximate surface area is 86.8 Å². The fourth-order valence-electron chi connectivity index (χ4n) is 0.675. The third-order valence-corrected chi connectivity index (χ3v) is 2.57. The summed E-state index contributed by atoms with van der Waals surface area (Å²) in [6, 6.07) is -1.40. The molecule has 9 heteroatoms. The minimum absolute atomic E-state index is 0.0489. The van der Waals surface area contributed by atoms with Crippen molar-refractivity contribution in [2.75, 3.05) is 13.2 Å². The van der Waals surface area contributed by atoms with Gasteiger partial charge in [-0.25, -0.2) is 4.57 Å². The van der Waals surface area contributed by atoms with Gasteiger partial charge in [-0.2, -0.15) is 0 Å². The molecule has 8 nitrogen and oxygen atoms in total. The van der Waals surface area contributed by atoms with Crippen molar-refractivity contribution in [2.45, 2.75) is 19.1 Å². The van der Waals surface area contributed by atoms with Gasteiger partial charge in [0.2, 0.25) is 0 Å². The largest absolute Gasteiger partial charge is 0.480 e. The van der Waals surface area contributed by atoms with Crippen LogP contribution in [0.15, 0.2) is 0 Å². The molecule has 0 aliphatic carbocycles. The smallest absolute Gasteiger partial charge is 0.472 e. The Balaban J connectivity index is 4.20. The average molecular weight is 242 g/mol. The Bertz CT molecular complexity index is 260. The van der Waals surface area contributed by atoms with Crippen molar-refractivity contribution >= 4 is 13.8 Å². The van der Waals surface area contributed by atoms with E-state index in [0.717, 1.165) is 0 Å². The second-order valence-electron chi connectivity index (χ2n) is 2.77. The monoisotopic (exact) mass is 242 g/mol. The van der Waals surface area contributed by atoms with E-state index in [1.54, 1.807) is 0 Å². The summed E-state index contributed by atoms with van der Waals surface area (Å²) >= 11 is 0. The number of aliphatic carboxylic acids is 1. The fourth-order valence-corrected chi connectivity index (χ4v) is 1.62. The summed E-state index contributed by atoms with van der Waals surface area (Å²) < 4.78 is 20.0. The summed E-state index contributed by atoms with van der Waals surface area (Å²) in [7, 11) is -4.28. The van der Waals surface area contributed by atoms with Crippen molar-refractivity contribution in [3.8, 4) is 0 Å². The van der Waals surface area contributed by atoms with E-state index in [1.165, 1.54) is 6.92 Å². The maximum Gasteiger partial charge on any atom is 0.472 e. The maximum atomic E-state index is 11.1. The molecule has 3 unspecified atom stereocenters. The third-order valence-electron chi connectivity index (χ3n) is 1.46. The van der Waals surface area contributed by atoms with E-state index >= 15 is 0 Å². The molecule has 6 N–H and O–H groups in total. The molecule has 0 aliphatic heterocycles. The molecule has 90 valence electrons. The highest BCUT2D eigenvalue weighted by Gasteiger charge is 2.30. The van der Waals surface area contributed by atoms with Crippen molar-refractivity contribution in [3.63, 3.8) is 0 Å². The molecular formula is C6H15N2O6P. The first-order valence-electron chi connectivity index (χ1n) is 4.14. The summed E-state index contributed by atoms with van der Waals surface area (Å²) in [5.41, 5.74) is 10.2. The standard InChI is InChI=1S/C6H15N2O6P/c1-4(5(8)6(9)10)14-15(11,12)13-3-2-7/h4-5H,2-3,7-8H2,1H3,(H,9,10)(H,11,12). The van der Waals surface area contributed by atoms with Crippen LogP contribution in [0, 0.1) is 0 Å². The van der Waals surface area contributed by atoms with Crippen LogP contribution in [0.25, 0.3) is 0 Å². The van der Waals surface area contributed by atoms with E-state index < -0.39 is 25.9 Å². The zero-order chi connectivity index (χ0) is 12.1. The SMILES string of the molecule is CC(OP(=O)(O)OCCN)C(N)C(=O)O. The summed E-state index contributed by atoms with van der Waals surface area (Å²) in [6.45, 7) is 1.14. The molecule has 0 aromatic rings. The van der Waals surface area contributed by atoms with Crippen LogP contribution in [0.4, 0.5) is 0 Å². The first-order valence-corrected chi connectivity index (χ1v) is 5.64. The lowest BCUT2D eigenvalue weighted by atomic mass is 10.2. The minimum atomic E-state index is -4.28. The number of phosphoric acid groups is 1. The third kappa shape index (κ3) is 5.83. The number of nitrogens with two attached hydrogens (primary N) is 2. The molecule has 0 aromatic heterocycles. The summed E-state index contributed by atoms with van der Waals surface area (Å²) in [5.74, 6) is -1.33. The zero-order valence-electron chi connectivity index (χ0n) is 8.20. The number of carbonyl (C=O) groups is 1. The summed E-state index contributed by atoms with van der Waals surface area (Å²) in [4.78, 5) is 19.5. The molecule has 0 saturated carbocycles. The topological polar surface area (TPSA) is 145 Å². The lowest BCUT2D eigenvalue weighted by molar-refractivity contribution is -0.140. The second-order valence-corrected chi connectivity index (χ2v) is 4.17. The Kier molecular flexibility index (Phi) is 5.96. The van der Waals surface area contributed by atoms with Crippen molar-refractivity contribution in [2.24, 2.45) is 11.5 Å². The van der Waals surface area contributed by atoms with Gasteiger partial charge in [0.25, 0.3) is 0 Å². The van der Waals surface area contributed by atoms with E-state index in [9.17, 15) is 9.36 Å². The molecule has 15 heavy (non-hydrogen) atoms. The van der Waals surface area contributed by atoms with Crippen molar-refractivity contribution < 1.29 is 28.4 Å². The molecule has 0 rings (SSSR count). The molecular weight excluding hydrogens is 227 g/mol. The van der Waals surface area contributed by atoms with E-state index in [-0.39, 0.29) is 13.2 Å². The number of hydrogen-bond donors (Lipinski definition) is 4. The second kappa shape index (κ2) is 6.16. The maximum absolute atomic E-state index is 11.1. The number of rotatable bonds is 7. The minimum Gasteiger partial charge on any atom is -0.480 e. The van der Waals surface area contributed by atoms with Crippen LogP contribution in [0.3, 0.4) is 0 Å². The molecule has 0 radical (unpaired) electrons. The van der Waals surface area contributed by atoms with E-state index in [1.807, 2.05) is 0 Å². The van der Waals surface area contributed by atoms with Gasteiger partial charge in [0, 0.05) is 6.54 Å². The van der Waals surface area contributed by atoms with Gasteiger partial charge in [0.05, 0.1) is 12.7 Å². The zero-order valence-corrected chi connectivity index (χ0v) is 9.09. The van der Waals surface area contributed by atoms with E-state index in [4.69, 9.17) is 21.5 Å². The fraction of sp³-hybridized carbons (Fsp3) is 0.833. The molecule has 0 aliphatic rings. The molecule has 0 saturated heterocycles. The van der Waals surface area contributed by atoms with Gasteiger partial charge in [-0.1, -0.05) is 0 Å². The lowest BCUT2D eigenvalue weighted by Gasteiger charge is -2.19. The van der Waals surface area contributed by atoms with Crippen LogP contribution < -0.4 is 11.5 Å². The summed E-state index contributed by atoms with van der Waals surface area (Å²) in [5, 5.41) is 8.49. The van der Waals surface area contributed by atoms with Crippen molar-refractivity contribution in [1.29, 1.82) is 0 Å². The van der Waals surface area contributed by atoms with Crippen molar-refractivity contribution in [3.05, 3.63) is 0 Å². The highest BCUT2D eigenvalue weighted by molar-refractivity contribution is 7.47. The van der Waals surface area contributed by atoms with Crippen molar-refractivity contribution in [1.82, 2.24) is 0 Å². The van der Waals surface area contributed by atoms with Gasteiger partial charge in [0.1, 0.15) is 6.04 Å². The Morgan fingerprint density at radius 3 is 2.53 bits per heavy atom. The molecule has 0 aromatic carbocycles. The van der Waals surface area contributed by atoms with Gasteiger partial charge in [-0.05, 0) is 6.92 Å². The molecule has 3 atom stereocenters. The van der Waals surface area contributed by atoms with Gasteiger partial charge in [-0.15, -0.1) is 0 Å². The van der Waals surface area contributed by atoms with E-state index in [2.05, 4.69) is 9.05 Å². The van der Waals surface area contributed by atoms with Crippen LogP contribution in [0.1, 0.15) is 6.92 Å². The first-order chi connectivity index (χ1) is 6.80. The van der Waals surface area contributed by atoms with Gasteiger partial charge < -0.3 is 21.5 Å². The number of phosphoric ester groups is 1. The molecule has 0 heterocycles. The predicted molar refractivity (Wildman–Crippen MR) is 51.0 cm³/mol.